The Bertz CT molecular complexity index is 3740. The SMILES string of the molecule is CCCCCCCC#CC[C@@H](C)[C@H]1CC[C@H]([C@H]2CC[C@H]([C@H](C)CC#C/C=C/CCC[C@H](CC3=C[C@H](C)OC3=O)O[Si](c3ccccc3)(c3ccccc3)C(C)(C)C)O2)O1.CCCCCCCC#CC[C@@H](O)[C@H]1CC[C@H]([C@H]2CC[C@H]([C@H](O)CC#C/C=C/CCC[C@H](CC3=C[C@H](C)OC3=O)O[Si](c3ccccc3)(c3ccccc3)C(C)(C)C)O2)O1.CCOC. The van der Waals surface area contributed by atoms with Crippen molar-refractivity contribution in [1.82, 2.24) is 0 Å². The number of rotatable bonds is 41. The van der Waals surface area contributed by atoms with Gasteiger partial charge in [-0.2, -0.15) is 0 Å². The van der Waals surface area contributed by atoms with Crippen molar-refractivity contribution in [3.63, 3.8) is 0 Å². The highest BCUT2D eigenvalue weighted by molar-refractivity contribution is 7.00. The lowest BCUT2D eigenvalue weighted by molar-refractivity contribution is -0.140. The molecule has 6 aliphatic heterocycles. The molecule has 0 bridgehead atoms. The molecule has 0 amide bonds. The molecule has 666 valence electrons. The molecule has 0 unspecified atom stereocenters. The minimum absolute atomic E-state index is 0.0615. The van der Waals surface area contributed by atoms with Gasteiger partial charge in [0.15, 0.2) is 0 Å². The number of cyclic esters (lactones) is 2. The van der Waals surface area contributed by atoms with Gasteiger partial charge in [-0.15, -0.1) is 23.7 Å². The van der Waals surface area contributed by atoms with Gasteiger partial charge in [0.05, 0.1) is 73.2 Å². The van der Waals surface area contributed by atoms with Crippen molar-refractivity contribution in [3.05, 3.63) is 169 Å². The van der Waals surface area contributed by atoms with Crippen molar-refractivity contribution in [1.29, 1.82) is 0 Å². The average Bonchev–Trinajstić information content (AvgIpc) is 0.786. The van der Waals surface area contributed by atoms with E-state index in [1.165, 1.54) is 78.5 Å². The molecule has 0 aromatic heterocycles. The molecule has 13 nitrogen and oxygen atoms in total. The Morgan fingerprint density at radius 3 is 1.09 bits per heavy atom. The van der Waals surface area contributed by atoms with Crippen molar-refractivity contribution in [2.24, 2.45) is 11.8 Å². The zero-order chi connectivity index (χ0) is 87.6. The molecule has 4 saturated heterocycles. The van der Waals surface area contributed by atoms with Gasteiger partial charge < -0.3 is 52.2 Å². The van der Waals surface area contributed by atoms with Gasteiger partial charge in [-0.1, -0.05) is 278 Å². The molecule has 15 heteroatoms. The Morgan fingerprint density at radius 2 is 0.754 bits per heavy atom. The fourth-order valence-corrected chi connectivity index (χ4v) is 27.5. The van der Waals surface area contributed by atoms with E-state index in [9.17, 15) is 19.8 Å². The molecule has 0 spiro atoms. The van der Waals surface area contributed by atoms with Crippen molar-refractivity contribution >= 4 is 49.3 Å². The number of hydrogen-bond donors (Lipinski definition) is 2. The lowest BCUT2D eigenvalue weighted by Crippen LogP contribution is -2.67. The molecule has 10 rings (SSSR count). The van der Waals surface area contributed by atoms with Crippen LogP contribution in [0.1, 0.15) is 295 Å². The second kappa shape index (κ2) is 53.5. The molecule has 16 atom stereocenters. The van der Waals surface area contributed by atoms with Crippen LogP contribution >= 0.6 is 0 Å². The van der Waals surface area contributed by atoms with Gasteiger partial charge in [-0.05, 0) is 190 Å². The van der Waals surface area contributed by atoms with Crippen molar-refractivity contribution in [3.8, 4) is 47.4 Å². The standard InChI is InChI=1S/C53H74O5Si.C51H70O7Si.C3H8O/c1-8-9-10-11-12-13-16-21-28-41(2)48-35-37-50(56-48)51-38-36-49(57-51)42(3)29-22-17-14-15-18-23-30-45(40-44-39-43(4)55-52(44)54)58-59(53(5,6)7,46-31-24-19-25-32-46)47-33-26-20-27-34-47;1-6-7-8-9-10-11-15-24-31-44(52)46-33-35-48(56-46)49-36-34-47(57-49)45(53)32-25-16-13-12-14-19-26-41(38-40-37-39(2)55-50(40)54)58-59(51(3,4)5,42-27-20-17-21-28-42)43-29-22-18-23-30-43;1-3-4-2/h14-15,19-20,24-27,31-34,39,41-43,45,48-51H,8-13,18,23,28-30,35-38,40H2,1-7H3;12-13,17-18,20-23,27-30,37,39,41,44-49,52-53H,6-11,14,19,26,31-36,38H2,1-5H3;3H2,1-2H3/b15-14+;13-12+;/t41-,42-,43+,45-,48-,49-,50-,51-;39-,41+,44+,45+,46+,47+,48+,49+;/m10./s1. The van der Waals surface area contributed by atoms with Gasteiger partial charge in [0.1, 0.15) is 12.2 Å². The summed E-state index contributed by atoms with van der Waals surface area (Å²) in [5.41, 5.74) is 1.42. The normalized spacial score (nSPS) is 23.0. The van der Waals surface area contributed by atoms with Crippen LogP contribution in [0.2, 0.25) is 10.1 Å². The smallest absolute Gasteiger partial charge is 0.334 e. The summed E-state index contributed by atoms with van der Waals surface area (Å²) in [6.45, 7) is 29.4. The molecule has 4 fully saturated rings. The highest BCUT2D eigenvalue weighted by Gasteiger charge is 2.54. The highest BCUT2D eigenvalue weighted by Crippen LogP contribution is 2.43. The summed E-state index contributed by atoms with van der Waals surface area (Å²) in [6, 6.07) is 42.7. The van der Waals surface area contributed by atoms with Crippen LogP contribution in [0.5, 0.6) is 0 Å². The zero-order valence-corrected chi connectivity index (χ0v) is 79.0. The van der Waals surface area contributed by atoms with Gasteiger partial charge in [0, 0.05) is 76.2 Å². The lowest BCUT2D eigenvalue weighted by atomic mass is 9.97. The Kier molecular flexibility index (Phi) is 44.1. The Morgan fingerprint density at radius 1 is 0.434 bits per heavy atom. The molecule has 0 radical (unpaired) electrons. The van der Waals surface area contributed by atoms with Crippen LogP contribution in [0.25, 0.3) is 0 Å². The number of methoxy groups -OCH3 is 1. The lowest BCUT2D eigenvalue weighted by Gasteiger charge is -2.45. The Hall–Kier alpha value is -6.91. The minimum atomic E-state index is -2.84. The zero-order valence-electron chi connectivity index (χ0n) is 77.0. The van der Waals surface area contributed by atoms with E-state index in [1.807, 2.05) is 57.2 Å². The topological polar surface area (TPSA) is 158 Å². The first-order valence-electron chi connectivity index (χ1n) is 47.0. The van der Waals surface area contributed by atoms with E-state index in [4.69, 9.17) is 37.3 Å². The maximum atomic E-state index is 12.8. The van der Waals surface area contributed by atoms with Gasteiger partial charge in [-0.3, -0.25) is 0 Å². The summed E-state index contributed by atoms with van der Waals surface area (Å²) >= 11 is 0. The van der Waals surface area contributed by atoms with Crippen molar-refractivity contribution in [2.45, 2.75) is 391 Å². The molecular formula is C107H152O13Si2. The van der Waals surface area contributed by atoms with E-state index in [2.05, 4.69) is 243 Å². The molecule has 6 heterocycles. The molecular weight excluding hydrogens is 1550 g/mol. The first-order chi connectivity index (χ1) is 58.9. The highest BCUT2D eigenvalue weighted by atomic mass is 28.4. The van der Waals surface area contributed by atoms with Gasteiger partial charge in [0.2, 0.25) is 0 Å². The number of carbonyl (C=O) groups excluding carboxylic acids is 2. The van der Waals surface area contributed by atoms with Gasteiger partial charge in [-0.25, -0.2) is 9.59 Å². The number of hydrogen-bond acceptors (Lipinski definition) is 13. The number of carbonyl (C=O) groups is 2. The first-order valence-corrected chi connectivity index (χ1v) is 50.8. The molecule has 6 aliphatic rings. The third-order valence-electron chi connectivity index (χ3n) is 24.9. The summed E-state index contributed by atoms with van der Waals surface area (Å²) < 4.78 is 56.3. The Labute approximate surface area is 739 Å². The second-order valence-electron chi connectivity index (χ2n) is 36.8. The molecule has 4 aromatic carbocycles. The summed E-state index contributed by atoms with van der Waals surface area (Å²) in [5.74, 6) is 26.6. The van der Waals surface area contributed by atoms with E-state index in [1.54, 1.807) is 7.11 Å². The monoisotopic (exact) mass is 1700 g/mol. The number of benzene rings is 4. The van der Waals surface area contributed by atoms with Crippen molar-refractivity contribution < 1.29 is 61.8 Å². The summed E-state index contributed by atoms with van der Waals surface area (Å²) in [5, 5.41) is 26.2. The molecule has 4 aromatic rings. The van der Waals surface area contributed by atoms with E-state index < -0.39 is 28.8 Å². The third-order valence-corrected chi connectivity index (χ3v) is 35.1. The maximum absolute atomic E-state index is 12.8. The predicted octanol–water partition coefficient (Wildman–Crippen LogP) is 21.0. The summed E-state index contributed by atoms with van der Waals surface area (Å²) in [4.78, 5) is 25.6. The number of aliphatic hydroxyl groups excluding tert-OH is 2. The van der Waals surface area contributed by atoms with Crippen molar-refractivity contribution in [2.75, 3.05) is 13.7 Å². The van der Waals surface area contributed by atoms with Crippen LogP contribution in [0.15, 0.2) is 169 Å². The largest absolute Gasteiger partial charge is 0.455 e. The minimum Gasteiger partial charge on any atom is -0.455 e. The number of esters is 2. The fourth-order valence-electron chi connectivity index (χ4n) is 18.1. The van der Waals surface area contributed by atoms with Crippen LogP contribution in [-0.2, 0) is 51.6 Å². The second-order valence-corrected chi connectivity index (χ2v) is 45.3. The number of unbranched alkanes of at least 4 members (excludes halogenated alkanes) is 12. The molecule has 122 heavy (non-hydrogen) atoms. The molecule has 0 aliphatic carbocycles. The van der Waals surface area contributed by atoms with Crippen LogP contribution < -0.4 is 20.7 Å². The number of aliphatic hydroxyl groups is 2. The summed E-state index contributed by atoms with van der Waals surface area (Å²) in [6.07, 6.45) is 41.3. The van der Waals surface area contributed by atoms with Crippen LogP contribution in [0, 0.1) is 59.2 Å². The van der Waals surface area contributed by atoms with E-state index in [0.29, 0.717) is 49.2 Å². The Balaban J connectivity index is 0.000000290. The van der Waals surface area contributed by atoms with Crippen LogP contribution in [0.3, 0.4) is 0 Å². The maximum Gasteiger partial charge on any atom is 0.334 e. The quantitative estimate of drug-likeness (QED) is 0.0187. The summed E-state index contributed by atoms with van der Waals surface area (Å²) in [7, 11) is -3.96. The van der Waals surface area contributed by atoms with E-state index in [0.717, 1.165) is 134 Å². The molecule has 0 saturated carbocycles. The first kappa shape index (κ1) is 101. The van der Waals surface area contributed by atoms with Crippen LogP contribution in [0.4, 0.5) is 0 Å². The van der Waals surface area contributed by atoms with Crippen LogP contribution in [-0.4, -0.2) is 138 Å². The predicted molar refractivity (Wildman–Crippen MR) is 503 cm³/mol. The number of allylic oxidation sites excluding steroid dienone is 4. The van der Waals surface area contributed by atoms with E-state index in [-0.39, 0.29) is 89.2 Å². The molecule has 2 N–H and O–H groups in total. The third kappa shape index (κ3) is 31.6. The van der Waals surface area contributed by atoms with Gasteiger partial charge in [0.25, 0.3) is 16.6 Å². The number of ether oxygens (including phenoxy) is 7. The average molecular weight is 1700 g/mol. The van der Waals surface area contributed by atoms with Gasteiger partial charge >= 0.3 is 11.9 Å². The fraction of sp³-hybridized carbons (Fsp3) is 0.607. The van der Waals surface area contributed by atoms with E-state index >= 15 is 0 Å².